The minimum atomic E-state index is 0.970. The van der Waals surface area contributed by atoms with Gasteiger partial charge in [-0.2, -0.15) is 4.67 Å². The summed E-state index contributed by atoms with van der Waals surface area (Å²) >= 11 is 0. The smallest absolute Gasteiger partial charge is 0.187 e. The molecule has 138 valence electrons. The minimum absolute atomic E-state index is 0.970. The molecule has 0 spiro atoms. The summed E-state index contributed by atoms with van der Waals surface area (Å²) in [4.78, 5) is 0. The zero-order valence-electron chi connectivity index (χ0n) is 16.7. The number of benzene rings is 3. The quantitative estimate of drug-likeness (QED) is 0.172. The van der Waals surface area contributed by atoms with Gasteiger partial charge in [0.1, 0.15) is 0 Å². The van der Waals surface area contributed by atoms with Crippen LogP contribution in [0.4, 0.5) is 0 Å². The van der Waals surface area contributed by atoms with Gasteiger partial charge in [-0.15, -0.1) is 24.3 Å². The van der Waals surface area contributed by atoms with E-state index in [9.17, 15) is 0 Å². The molecule has 0 unspecified atom stereocenters. The van der Waals surface area contributed by atoms with Gasteiger partial charge in [0.25, 0.3) is 6.21 Å². The van der Waals surface area contributed by atoms with Gasteiger partial charge in [-0.1, -0.05) is 77.9 Å². The van der Waals surface area contributed by atoms with Crippen molar-refractivity contribution in [3.63, 3.8) is 0 Å². The number of hydrogen-bond acceptors (Lipinski definition) is 0. The van der Waals surface area contributed by atoms with Crippen molar-refractivity contribution in [2.45, 2.75) is 20.8 Å². The fourth-order valence-electron chi connectivity index (χ4n) is 3.10. The Hall–Kier alpha value is -3.41. The van der Waals surface area contributed by atoms with E-state index in [2.05, 4.69) is 86.3 Å². The Morgan fingerprint density at radius 1 is 0.750 bits per heavy atom. The lowest BCUT2D eigenvalue weighted by atomic mass is 9.92. The lowest BCUT2D eigenvalue weighted by Gasteiger charge is -2.12. The van der Waals surface area contributed by atoms with Gasteiger partial charge in [-0.25, -0.2) is 0 Å². The average Bonchev–Trinajstić information content (AvgIpc) is 2.73. The van der Waals surface area contributed by atoms with Crippen LogP contribution in [0.15, 0.2) is 96.6 Å². The van der Waals surface area contributed by atoms with Crippen LogP contribution in [-0.4, -0.2) is 12.4 Å². The van der Waals surface area contributed by atoms with Crippen LogP contribution in [0.25, 0.3) is 11.1 Å². The first-order chi connectivity index (χ1) is 13.6. The van der Waals surface area contributed by atoms with E-state index in [1.165, 1.54) is 27.8 Å². The summed E-state index contributed by atoms with van der Waals surface area (Å²) in [5.41, 5.74) is 8.19. The Bertz CT molecular complexity index is 1040. The van der Waals surface area contributed by atoms with Crippen LogP contribution in [0.5, 0.6) is 0 Å². The molecule has 0 bridgehead atoms. The van der Waals surface area contributed by atoms with Crippen LogP contribution >= 0.6 is 0 Å². The monoisotopic (exact) mass is 363 g/mol. The third-order valence-corrected chi connectivity index (χ3v) is 4.46. The number of rotatable bonds is 5. The molecular formula is C27H25N. The largest absolute Gasteiger partial charge is 0.290 e. The first-order valence-electron chi connectivity index (χ1n) is 9.50. The summed E-state index contributed by atoms with van der Waals surface area (Å²) in [5.74, 6) is 0. The molecule has 0 heterocycles. The summed E-state index contributed by atoms with van der Waals surface area (Å²) in [7, 11) is 0. The molecule has 0 aromatic heterocycles. The fourth-order valence-corrected chi connectivity index (χ4v) is 3.10. The van der Waals surface area contributed by atoms with E-state index in [-0.39, 0.29) is 0 Å². The Morgan fingerprint density at radius 2 is 1.36 bits per heavy atom. The standard InChI is InChI=1S/C27H25N/c1-21(2)18-27(24-14-8-5-9-15-24)22(3)26-17-11-10-16-25(26)20-28-19-23-12-6-4-7-13-23/h4-18,20H,1-3H3/b27-22+. The molecular weight excluding hydrogens is 338 g/mol. The molecule has 0 aliphatic heterocycles. The van der Waals surface area contributed by atoms with E-state index in [1.54, 1.807) is 0 Å². The van der Waals surface area contributed by atoms with Gasteiger partial charge in [-0.3, -0.25) is 0 Å². The van der Waals surface area contributed by atoms with Gasteiger partial charge < -0.3 is 0 Å². The molecule has 0 amide bonds. The summed E-state index contributed by atoms with van der Waals surface area (Å²) in [6.45, 7) is 6.44. The lowest BCUT2D eigenvalue weighted by molar-refractivity contribution is 1.39. The predicted octanol–water partition coefficient (Wildman–Crippen LogP) is 6.07. The highest BCUT2D eigenvalue weighted by molar-refractivity contribution is 6.00. The third-order valence-electron chi connectivity index (χ3n) is 4.46. The topological polar surface area (TPSA) is 14.1 Å². The van der Waals surface area contributed by atoms with E-state index in [1.807, 2.05) is 42.6 Å². The Labute approximate surface area is 168 Å². The molecule has 0 saturated heterocycles. The Morgan fingerprint density at radius 3 is 2.04 bits per heavy atom. The van der Waals surface area contributed by atoms with Gasteiger partial charge in [0.15, 0.2) is 0 Å². The van der Waals surface area contributed by atoms with Gasteiger partial charge in [-0.05, 0) is 43.0 Å². The third kappa shape index (κ3) is 5.07. The van der Waals surface area contributed by atoms with Crippen LogP contribution in [0.3, 0.4) is 0 Å². The Balaban J connectivity index is 2.08. The average molecular weight is 364 g/mol. The maximum atomic E-state index is 4.43. The van der Waals surface area contributed by atoms with E-state index in [0.717, 1.165) is 11.1 Å². The van der Waals surface area contributed by atoms with E-state index in [0.29, 0.717) is 0 Å². The van der Waals surface area contributed by atoms with Crippen LogP contribution in [0.1, 0.15) is 43.0 Å². The van der Waals surface area contributed by atoms with Crippen molar-refractivity contribution in [2.75, 3.05) is 0 Å². The molecule has 1 nitrogen and oxygen atoms in total. The van der Waals surface area contributed by atoms with E-state index < -0.39 is 0 Å². The SMILES string of the molecule is CC(C)=C/C(=C(/C)c1ccccc1C=[N+]=[C-]c1ccccc1)c1ccccc1. The molecule has 3 rings (SSSR count). The molecule has 0 aliphatic rings. The molecule has 28 heavy (non-hydrogen) atoms. The first kappa shape index (κ1) is 19.4. The molecule has 0 saturated carbocycles. The molecule has 1 heteroatoms. The fraction of sp³-hybridized carbons (Fsp3) is 0.111. The van der Waals surface area contributed by atoms with Crippen LogP contribution in [-0.2, 0) is 0 Å². The van der Waals surface area contributed by atoms with Gasteiger partial charge in [0.2, 0.25) is 6.21 Å². The van der Waals surface area contributed by atoms with Gasteiger partial charge >= 0.3 is 0 Å². The second-order valence-electron chi connectivity index (χ2n) is 6.95. The normalized spacial score (nSPS) is 11.1. The second-order valence-corrected chi connectivity index (χ2v) is 6.95. The maximum absolute atomic E-state index is 4.43. The Kier molecular flexibility index (Phi) is 6.57. The highest BCUT2D eigenvalue weighted by Gasteiger charge is 2.09. The number of nitrogens with zero attached hydrogens (tertiary/aromatic N) is 1. The highest BCUT2D eigenvalue weighted by atomic mass is 14.5. The van der Waals surface area contributed by atoms with E-state index in [4.69, 9.17) is 0 Å². The molecule has 0 radical (unpaired) electrons. The minimum Gasteiger partial charge on any atom is -0.187 e. The first-order valence-corrected chi connectivity index (χ1v) is 9.50. The van der Waals surface area contributed by atoms with Crippen molar-refractivity contribution in [1.29, 1.82) is 0 Å². The number of hydrogen-bond donors (Lipinski definition) is 0. The van der Waals surface area contributed by atoms with E-state index >= 15 is 0 Å². The summed E-state index contributed by atoms with van der Waals surface area (Å²) in [5, 5.41) is 0. The van der Waals surface area contributed by atoms with Crippen molar-refractivity contribution < 1.29 is 0 Å². The molecule has 3 aromatic carbocycles. The van der Waals surface area contributed by atoms with Crippen molar-refractivity contribution in [2.24, 2.45) is 0 Å². The molecule has 3 aromatic rings. The molecule has 0 N–H and O–H groups in total. The summed E-state index contributed by atoms with van der Waals surface area (Å²) in [6.07, 6.45) is 7.23. The van der Waals surface area contributed by atoms with Gasteiger partial charge in [0.05, 0.1) is 0 Å². The lowest BCUT2D eigenvalue weighted by Crippen LogP contribution is -1.96. The zero-order chi connectivity index (χ0) is 19.8. The highest BCUT2D eigenvalue weighted by Crippen LogP contribution is 2.29. The van der Waals surface area contributed by atoms with Crippen LogP contribution in [0, 0.1) is 0 Å². The zero-order valence-corrected chi connectivity index (χ0v) is 16.7. The summed E-state index contributed by atoms with van der Waals surface area (Å²) in [6, 6.07) is 28.9. The number of allylic oxidation sites excluding steroid dienone is 4. The maximum Gasteiger partial charge on any atom is 0.290 e. The van der Waals surface area contributed by atoms with Crippen molar-refractivity contribution in [3.8, 4) is 0 Å². The molecule has 0 atom stereocenters. The molecule has 0 aliphatic carbocycles. The van der Waals surface area contributed by atoms with Crippen molar-refractivity contribution >= 4 is 23.6 Å². The second kappa shape index (κ2) is 9.50. The molecule has 0 fully saturated rings. The van der Waals surface area contributed by atoms with Crippen LogP contribution in [0.2, 0.25) is 0 Å². The van der Waals surface area contributed by atoms with Crippen molar-refractivity contribution in [3.05, 3.63) is 119 Å². The van der Waals surface area contributed by atoms with Crippen molar-refractivity contribution in [1.82, 2.24) is 4.67 Å². The van der Waals surface area contributed by atoms with Crippen LogP contribution < -0.4 is 4.67 Å². The summed E-state index contributed by atoms with van der Waals surface area (Å²) < 4.78 is 4.43. The predicted molar refractivity (Wildman–Crippen MR) is 123 cm³/mol. The van der Waals surface area contributed by atoms with Gasteiger partial charge in [0, 0.05) is 5.56 Å².